The molecular weight excluding hydrogens is 394 g/mol. The fraction of sp³-hybridized carbons (Fsp3) is 0. The molecule has 2 aromatic heterocycles. The molecule has 0 spiro atoms. The van der Waals surface area contributed by atoms with Gasteiger partial charge in [-0.3, -0.25) is 4.72 Å². The predicted molar refractivity (Wildman–Crippen MR) is 88.2 cm³/mol. The van der Waals surface area contributed by atoms with Gasteiger partial charge < -0.3 is 0 Å². The van der Waals surface area contributed by atoms with Gasteiger partial charge >= 0.3 is 0 Å². The average molecular weight is 402 g/mol. The van der Waals surface area contributed by atoms with Crippen LogP contribution in [0.2, 0.25) is 0 Å². The number of benzene rings is 1. The van der Waals surface area contributed by atoms with E-state index in [2.05, 4.69) is 30.2 Å². The third-order valence-corrected chi connectivity index (χ3v) is 6.61. The fourth-order valence-electron chi connectivity index (χ4n) is 1.65. The van der Waals surface area contributed by atoms with Crippen molar-refractivity contribution in [2.75, 3.05) is 4.72 Å². The van der Waals surface area contributed by atoms with Crippen LogP contribution >= 0.6 is 38.8 Å². The Hall–Kier alpha value is -1.29. The van der Waals surface area contributed by atoms with Crippen molar-refractivity contribution >= 4 is 54.5 Å². The lowest BCUT2D eigenvalue weighted by atomic mass is 10.2. The molecule has 0 bridgehead atoms. The van der Waals surface area contributed by atoms with Crippen LogP contribution in [0.15, 0.2) is 49.8 Å². The SMILES string of the molecule is O=S(=O)(Nc1ccc(-c2csnn2)cc1)c1ccc(Br)s1. The normalized spacial score (nSPS) is 11.5. The number of thiophene rings is 1. The molecule has 1 aromatic carbocycles. The zero-order valence-electron chi connectivity index (χ0n) is 10.4. The highest BCUT2D eigenvalue weighted by Crippen LogP contribution is 2.28. The summed E-state index contributed by atoms with van der Waals surface area (Å²) < 4.78 is 31.8. The summed E-state index contributed by atoms with van der Waals surface area (Å²) in [7, 11) is -3.55. The smallest absolute Gasteiger partial charge is 0.271 e. The van der Waals surface area contributed by atoms with Gasteiger partial charge in [-0.1, -0.05) is 16.6 Å². The zero-order valence-corrected chi connectivity index (χ0v) is 14.4. The van der Waals surface area contributed by atoms with E-state index >= 15 is 0 Å². The van der Waals surface area contributed by atoms with E-state index < -0.39 is 10.0 Å². The lowest BCUT2D eigenvalue weighted by Crippen LogP contribution is -2.11. The van der Waals surface area contributed by atoms with E-state index in [-0.39, 0.29) is 4.21 Å². The molecule has 3 aromatic rings. The van der Waals surface area contributed by atoms with Gasteiger partial charge in [-0.15, -0.1) is 16.4 Å². The Labute approximate surface area is 138 Å². The molecule has 9 heteroatoms. The number of rotatable bonds is 4. The van der Waals surface area contributed by atoms with Crippen molar-refractivity contribution in [2.24, 2.45) is 0 Å². The molecule has 0 saturated heterocycles. The molecule has 108 valence electrons. The Morgan fingerprint density at radius 1 is 1.10 bits per heavy atom. The Morgan fingerprint density at radius 3 is 2.43 bits per heavy atom. The van der Waals surface area contributed by atoms with Gasteiger partial charge in [-0.25, -0.2) is 8.42 Å². The molecule has 21 heavy (non-hydrogen) atoms. The molecule has 0 aliphatic carbocycles. The van der Waals surface area contributed by atoms with E-state index in [1.807, 2.05) is 5.38 Å². The monoisotopic (exact) mass is 401 g/mol. The minimum Gasteiger partial charge on any atom is -0.279 e. The quantitative estimate of drug-likeness (QED) is 0.720. The molecule has 3 rings (SSSR count). The second-order valence-electron chi connectivity index (χ2n) is 4.03. The van der Waals surface area contributed by atoms with Crippen LogP contribution in [0.5, 0.6) is 0 Å². The molecule has 0 saturated carbocycles. The van der Waals surface area contributed by atoms with E-state index in [0.29, 0.717) is 5.69 Å². The largest absolute Gasteiger partial charge is 0.279 e. The molecule has 0 atom stereocenters. The fourth-order valence-corrected chi connectivity index (χ4v) is 5.18. The first-order chi connectivity index (χ1) is 10.0. The van der Waals surface area contributed by atoms with E-state index in [1.165, 1.54) is 11.5 Å². The first kappa shape index (κ1) is 14.6. The topological polar surface area (TPSA) is 72.0 Å². The highest BCUT2D eigenvalue weighted by Gasteiger charge is 2.16. The van der Waals surface area contributed by atoms with Crippen LogP contribution in [-0.2, 0) is 10.0 Å². The van der Waals surface area contributed by atoms with Gasteiger partial charge in [0.1, 0.15) is 9.90 Å². The summed E-state index contributed by atoms with van der Waals surface area (Å²) in [6.45, 7) is 0. The summed E-state index contributed by atoms with van der Waals surface area (Å²) in [5.74, 6) is 0. The van der Waals surface area contributed by atoms with Crippen LogP contribution < -0.4 is 4.72 Å². The molecule has 1 N–H and O–H groups in total. The summed E-state index contributed by atoms with van der Waals surface area (Å²) in [6.07, 6.45) is 0. The van der Waals surface area contributed by atoms with Gasteiger partial charge in [0.05, 0.1) is 3.79 Å². The van der Waals surface area contributed by atoms with Crippen molar-refractivity contribution in [2.45, 2.75) is 4.21 Å². The minimum absolute atomic E-state index is 0.266. The molecule has 0 radical (unpaired) electrons. The highest BCUT2D eigenvalue weighted by molar-refractivity contribution is 9.11. The van der Waals surface area contributed by atoms with E-state index in [4.69, 9.17) is 0 Å². The third kappa shape index (κ3) is 3.31. The first-order valence-corrected chi connectivity index (χ1v) is 9.63. The van der Waals surface area contributed by atoms with Crippen LogP contribution in [0.4, 0.5) is 5.69 Å². The number of hydrogen-bond donors (Lipinski definition) is 1. The Kier molecular flexibility index (Phi) is 4.07. The number of nitrogens with one attached hydrogen (secondary N) is 1. The molecule has 0 aliphatic rings. The standard InChI is InChI=1S/C12H8BrN3O2S3/c13-11-5-6-12(20-11)21(17,18)15-9-3-1-8(2-4-9)10-7-19-16-14-10/h1-7,15H. The summed E-state index contributed by atoms with van der Waals surface area (Å²) in [4.78, 5) is 0. The summed E-state index contributed by atoms with van der Waals surface area (Å²) in [5.41, 5.74) is 2.17. The number of anilines is 1. The molecule has 0 fully saturated rings. The number of halogens is 1. The van der Waals surface area contributed by atoms with E-state index in [1.54, 1.807) is 36.4 Å². The Morgan fingerprint density at radius 2 is 1.86 bits per heavy atom. The molecular formula is C12H8BrN3O2S3. The van der Waals surface area contributed by atoms with Gasteiger partial charge in [0.25, 0.3) is 10.0 Å². The number of sulfonamides is 1. The van der Waals surface area contributed by atoms with E-state index in [9.17, 15) is 8.42 Å². The third-order valence-electron chi connectivity index (χ3n) is 2.61. The second-order valence-corrected chi connectivity index (χ2v) is 9.01. The van der Waals surface area contributed by atoms with Gasteiger partial charge in [-0.2, -0.15) is 0 Å². The Bertz CT molecular complexity index is 842. The van der Waals surface area contributed by atoms with Crippen molar-refractivity contribution in [3.63, 3.8) is 0 Å². The number of aromatic nitrogens is 2. The maximum atomic E-state index is 12.2. The van der Waals surface area contributed by atoms with Crippen LogP contribution in [-0.4, -0.2) is 18.0 Å². The number of hydrogen-bond acceptors (Lipinski definition) is 6. The molecule has 5 nitrogen and oxygen atoms in total. The predicted octanol–water partition coefficient (Wildman–Crippen LogP) is 3.83. The van der Waals surface area contributed by atoms with Crippen LogP contribution in [0.1, 0.15) is 0 Å². The summed E-state index contributed by atoms with van der Waals surface area (Å²) in [6, 6.07) is 10.3. The molecule has 0 amide bonds. The van der Waals surface area contributed by atoms with E-state index in [0.717, 1.165) is 26.4 Å². The molecule has 2 heterocycles. The van der Waals surface area contributed by atoms with Crippen molar-refractivity contribution in [3.8, 4) is 11.3 Å². The van der Waals surface area contributed by atoms with Crippen molar-refractivity contribution in [3.05, 3.63) is 45.6 Å². The van der Waals surface area contributed by atoms with Crippen molar-refractivity contribution < 1.29 is 8.42 Å². The summed E-state index contributed by atoms with van der Waals surface area (Å²) >= 11 is 5.69. The average Bonchev–Trinajstić information content (AvgIpc) is 3.10. The molecule has 0 aliphatic heterocycles. The van der Waals surface area contributed by atoms with Gasteiger partial charge in [-0.05, 0) is 51.7 Å². The van der Waals surface area contributed by atoms with Crippen molar-refractivity contribution in [1.82, 2.24) is 9.59 Å². The van der Waals surface area contributed by atoms with Crippen LogP contribution in [0.25, 0.3) is 11.3 Å². The lowest BCUT2D eigenvalue weighted by molar-refractivity contribution is 0.603. The van der Waals surface area contributed by atoms with Crippen molar-refractivity contribution in [1.29, 1.82) is 0 Å². The second kappa shape index (κ2) is 5.84. The Balaban J connectivity index is 1.82. The van der Waals surface area contributed by atoms with Gasteiger partial charge in [0, 0.05) is 16.6 Å². The lowest BCUT2D eigenvalue weighted by Gasteiger charge is -2.06. The highest BCUT2D eigenvalue weighted by atomic mass is 79.9. The first-order valence-electron chi connectivity index (χ1n) is 5.70. The number of nitrogens with zero attached hydrogens (tertiary/aromatic N) is 2. The van der Waals surface area contributed by atoms with Crippen LogP contribution in [0, 0.1) is 0 Å². The van der Waals surface area contributed by atoms with Gasteiger partial charge in [0.2, 0.25) is 0 Å². The maximum Gasteiger partial charge on any atom is 0.271 e. The minimum atomic E-state index is -3.55. The van der Waals surface area contributed by atoms with Gasteiger partial charge in [0.15, 0.2) is 0 Å². The zero-order chi connectivity index (χ0) is 14.9. The molecule has 0 unspecified atom stereocenters. The maximum absolute atomic E-state index is 12.2. The van der Waals surface area contributed by atoms with Crippen LogP contribution in [0.3, 0.4) is 0 Å². The summed E-state index contributed by atoms with van der Waals surface area (Å²) in [5, 5.41) is 5.80.